The maximum atomic E-state index is 12.9. The summed E-state index contributed by atoms with van der Waals surface area (Å²) >= 11 is 0. The van der Waals surface area contributed by atoms with Crippen molar-refractivity contribution >= 4 is 17.3 Å². The SMILES string of the molecule is CCC(c1cccc(N(C(C)C)C(C)C)c1)c1cc(CO)ccc1OC(=O)c1ccc([N+](=O)[O-])cc1. The molecule has 7 heteroatoms. The third kappa shape index (κ3) is 6.10. The van der Waals surface area contributed by atoms with Crippen LogP contribution in [-0.4, -0.2) is 28.1 Å². The van der Waals surface area contributed by atoms with Crippen molar-refractivity contribution in [1.29, 1.82) is 0 Å². The van der Waals surface area contributed by atoms with Gasteiger partial charge in [-0.15, -0.1) is 0 Å². The van der Waals surface area contributed by atoms with E-state index in [4.69, 9.17) is 4.74 Å². The predicted octanol–water partition coefficient (Wildman–Crippen LogP) is 6.47. The molecule has 0 aliphatic heterocycles. The molecule has 3 aromatic carbocycles. The third-order valence-electron chi connectivity index (χ3n) is 6.24. The molecule has 3 rings (SSSR count). The maximum absolute atomic E-state index is 12.9. The Kier molecular flexibility index (Phi) is 8.83. The Bertz CT molecular complexity index is 1200. The van der Waals surface area contributed by atoms with Gasteiger partial charge in [-0.05, 0) is 81.6 Å². The molecule has 3 aromatic rings. The molecule has 0 amide bonds. The van der Waals surface area contributed by atoms with Crippen molar-refractivity contribution in [2.24, 2.45) is 0 Å². The molecule has 0 aliphatic carbocycles. The summed E-state index contributed by atoms with van der Waals surface area (Å²) in [7, 11) is 0. The molecular weight excluding hydrogens is 456 g/mol. The van der Waals surface area contributed by atoms with Gasteiger partial charge in [-0.3, -0.25) is 10.1 Å². The predicted molar refractivity (Wildman–Crippen MR) is 142 cm³/mol. The second kappa shape index (κ2) is 11.8. The number of esters is 1. The smallest absolute Gasteiger partial charge is 0.343 e. The van der Waals surface area contributed by atoms with E-state index >= 15 is 0 Å². The number of carbonyl (C=O) groups excluding carboxylic acids is 1. The number of nitro groups is 1. The number of non-ortho nitro benzene ring substituents is 1. The van der Waals surface area contributed by atoms with Crippen molar-refractivity contribution < 1.29 is 19.6 Å². The van der Waals surface area contributed by atoms with Crippen LogP contribution in [0.25, 0.3) is 0 Å². The van der Waals surface area contributed by atoms with Crippen molar-refractivity contribution in [3.8, 4) is 5.75 Å². The molecule has 0 bridgehead atoms. The first-order chi connectivity index (χ1) is 17.2. The van der Waals surface area contributed by atoms with Gasteiger partial charge in [0.05, 0.1) is 17.1 Å². The van der Waals surface area contributed by atoms with Crippen molar-refractivity contribution in [1.82, 2.24) is 0 Å². The molecule has 1 unspecified atom stereocenters. The van der Waals surface area contributed by atoms with E-state index in [-0.39, 0.29) is 23.8 Å². The topological polar surface area (TPSA) is 92.9 Å². The Balaban J connectivity index is 2.00. The van der Waals surface area contributed by atoms with Crippen LogP contribution >= 0.6 is 0 Å². The number of aliphatic hydroxyl groups is 1. The zero-order valence-corrected chi connectivity index (χ0v) is 21.5. The summed E-state index contributed by atoms with van der Waals surface area (Å²) in [5, 5.41) is 20.7. The molecule has 0 saturated heterocycles. The average molecular weight is 491 g/mol. The van der Waals surface area contributed by atoms with Gasteiger partial charge >= 0.3 is 5.97 Å². The standard InChI is InChI=1S/C29H34N2O5/c1-6-26(23-8-7-9-25(17-23)30(19(2)3)20(4)5)27-16-21(18-32)10-15-28(27)36-29(33)22-11-13-24(14-12-22)31(34)35/h7-17,19-20,26,32H,6,18H2,1-5H3. The number of nitrogens with zero attached hydrogens (tertiary/aromatic N) is 2. The summed E-state index contributed by atoms with van der Waals surface area (Å²) in [6, 6.07) is 19.7. The molecule has 36 heavy (non-hydrogen) atoms. The molecule has 0 aliphatic rings. The summed E-state index contributed by atoms with van der Waals surface area (Å²) in [5.41, 5.74) is 3.86. The van der Waals surface area contributed by atoms with E-state index in [1.54, 1.807) is 12.1 Å². The number of rotatable bonds is 10. The van der Waals surface area contributed by atoms with E-state index in [0.717, 1.165) is 28.8 Å². The van der Waals surface area contributed by atoms with Gasteiger partial charge < -0.3 is 14.7 Å². The number of anilines is 1. The van der Waals surface area contributed by atoms with Crippen LogP contribution in [0.5, 0.6) is 5.75 Å². The van der Waals surface area contributed by atoms with Gasteiger partial charge in [0.2, 0.25) is 0 Å². The van der Waals surface area contributed by atoms with E-state index in [9.17, 15) is 20.0 Å². The number of aliphatic hydroxyl groups excluding tert-OH is 1. The quantitative estimate of drug-likeness (QED) is 0.151. The first kappa shape index (κ1) is 26.9. The van der Waals surface area contributed by atoms with Crippen LogP contribution in [0.3, 0.4) is 0 Å². The van der Waals surface area contributed by atoms with E-state index in [1.807, 2.05) is 12.1 Å². The minimum Gasteiger partial charge on any atom is -0.423 e. The van der Waals surface area contributed by atoms with Crippen molar-refractivity contribution in [2.75, 3.05) is 4.90 Å². The van der Waals surface area contributed by atoms with Crippen molar-refractivity contribution in [2.45, 2.75) is 65.6 Å². The Labute approximate surface area is 212 Å². The number of carbonyl (C=O) groups is 1. The highest BCUT2D eigenvalue weighted by molar-refractivity contribution is 5.91. The van der Waals surface area contributed by atoms with Crippen LogP contribution in [0, 0.1) is 10.1 Å². The van der Waals surface area contributed by atoms with Crippen molar-refractivity contribution in [3.05, 3.63) is 99.1 Å². The number of benzene rings is 3. The molecule has 0 heterocycles. The number of hydrogen-bond acceptors (Lipinski definition) is 6. The normalized spacial score (nSPS) is 12.0. The van der Waals surface area contributed by atoms with Gasteiger partial charge in [0, 0.05) is 41.4 Å². The lowest BCUT2D eigenvalue weighted by atomic mass is 9.87. The van der Waals surface area contributed by atoms with E-state index in [2.05, 4.69) is 57.7 Å². The van der Waals surface area contributed by atoms with Crippen LogP contribution in [0.15, 0.2) is 66.7 Å². The van der Waals surface area contributed by atoms with Crippen LogP contribution in [0.4, 0.5) is 11.4 Å². The first-order valence-corrected chi connectivity index (χ1v) is 12.2. The Morgan fingerprint density at radius 1 is 1.00 bits per heavy atom. The summed E-state index contributed by atoms with van der Waals surface area (Å²) in [6.07, 6.45) is 0.754. The summed E-state index contributed by atoms with van der Waals surface area (Å²) in [6.45, 7) is 10.6. The lowest BCUT2D eigenvalue weighted by Gasteiger charge is -2.34. The van der Waals surface area contributed by atoms with Gasteiger partial charge in [-0.2, -0.15) is 0 Å². The zero-order valence-electron chi connectivity index (χ0n) is 21.5. The highest BCUT2D eigenvalue weighted by atomic mass is 16.6. The number of nitro benzene ring substituents is 1. The monoisotopic (exact) mass is 490 g/mol. The van der Waals surface area contributed by atoms with Crippen LogP contribution in [0.1, 0.15) is 74.0 Å². The Morgan fingerprint density at radius 2 is 1.67 bits per heavy atom. The van der Waals surface area contributed by atoms with Gasteiger partial charge in [0.25, 0.3) is 5.69 Å². The molecule has 0 radical (unpaired) electrons. The molecule has 190 valence electrons. The second-order valence-corrected chi connectivity index (χ2v) is 9.37. The lowest BCUT2D eigenvalue weighted by molar-refractivity contribution is -0.384. The van der Waals surface area contributed by atoms with Crippen LogP contribution in [-0.2, 0) is 6.61 Å². The summed E-state index contributed by atoms with van der Waals surface area (Å²) < 4.78 is 5.79. The Morgan fingerprint density at radius 3 is 2.22 bits per heavy atom. The summed E-state index contributed by atoms with van der Waals surface area (Å²) in [4.78, 5) is 25.7. The highest BCUT2D eigenvalue weighted by Crippen LogP contribution is 2.37. The minimum atomic E-state index is -0.600. The first-order valence-electron chi connectivity index (χ1n) is 12.2. The van der Waals surface area contributed by atoms with Gasteiger partial charge in [-0.25, -0.2) is 4.79 Å². The second-order valence-electron chi connectivity index (χ2n) is 9.37. The van der Waals surface area contributed by atoms with Crippen molar-refractivity contribution in [3.63, 3.8) is 0 Å². The average Bonchev–Trinajstić information content (AvgIpc) is 2.85. The van der Waals surface area contributed by atoms with Gasteiger partial charge in [0.1, 0.15) is 5.75 Å². The maximum Gasteiger partial charge on any atom is 0.343 e. The molecule has 0 aromatic heterocycles. The molecule has 0 saturated carbocycles. The fraction of sp³-hybridized carbons (Fsp3) is 0.345. The molecule has 1 N–H and O–H groups in total. The van der Waals surface area contributed by atoms with Gasteiger partial charge in [-0.1, -0.05) is 25.1 Å². The molecule has 0 fully saturated rings. The van der Waals surface area contributed by atoms with E-state index < -0.39 is 10.9 Å². The third-order valence-corrected chi connectivity index (χ3v) is 6.24. The fourth-order valence-corrected chi connectivity index (χ4v) is 4.67. The summed E-state index contributed by atoms with van der Waals surface area (Å²) in [5.74, 6) is -0.271. The molecule has 0 spiro atoms. The van der Waals surface area contributed by atoms with Crippen LogP contribution in [0.2, 0.25) is 0 Å². The fourth-order valence-electron chi connectivity index (χ4n) is 4.67. The van der Waals surface area contributed by atoms with Crippen LogP contribution < -0.4 is 9.64 Å². The minimum absolute atomic E-state index is 0.0720. The Hall–Kier alpha value is -3.71. The molecular formula is C29H34N2O5. The van der Waals surface area contributed by atoms with E-state index in [0.29, 0.717) is 17.8 Å². The van der Waals surface area contributed by atoms with E-state index in [1.165, 1.54) is 24.3 Å². The highest BCUT2D eigenvalue weighted by Gasteiger charge is 2.22. The zero-order chi connectivity index (χ0) is 26.4. The largest absolute Gasteiger partial charge is 0.423 e. The number of ether oxygens (including phenoxy) is 1. The molecule has 7 nitrogen and oxygen atoms in total. The number of hydrogen-bond donors (Lipinski definition) is 1. The van der Waals surface area contributed by atoms with Gasteiger partial charge in [0.15, 0.2) is 0 Å². The lowest BCUT2D eigenvalue weighted by Crippen LogP contribution is -2.37. The molecule has 1 atom stereocenters.